The number of hydrogen-bond donors (Lipinski definition) is 1. The maximum atomic E-state index is 5.91. The molecule has 0 bridgehead atoms. The van der Waals surface area contributed by atoms with Gasteiger partial charge < -0.3 is 20.1 Å². The molecule has 0 aliphatic carbocycles. The second-order valence-electron chi connectivity index (χ2n) is 4.01. The lowest BCUT2D eigenvalue weighted by atomic mass is 10.2. The maximum absolute atomic E-state index is 5.91. The van der Waals surface area contributed by atoms with E-state index in [9.17, 15) is 0 Å². The lowest BCUT2D eigenvalue weighted by Crippen LogP contribution is -2.45. The average Bonchev–Trinajstić information content (AvgIpc) is 2.38. The molecular weight excluding hydrogens is 206 g/mol. The number of rotatable bonds is 2. The minimum absolute atomic E-state index is 0.185. The van der Waals surface area contributed by atoms with E-state index in [1.807, 2.05) is 6.08 Å². The Hall–Kier alpha value is -1.23. The highest BCUT2D eigenvalue weighted by Crippen LogP contribution is 2.10. The van der Waals surface area contributed by atoms with Gasteiger partial charge in [-0.1, -0.05) is 0 Å². The molecule has 2 heterocycles. The SMILES string of the molecule is NC(=NCC1CCC=CO1)N1CCOCC1. The Morgan fingerprint density at radius 2 is 2.25 bits per heavy atom. The van der Waals surface area contributed by atoms with Crippen LogP contribution in [0.5, 0.6) is 0 Å². The molecule has 0 aromatic rings. The first-order valence-electron chi connectivity index (χ1n) is 5.79. The molecule has 5 heteroatoms. The van der Waals surface area contributed by atoms with Crippen LogP contribution in [0.1, 0.15) is 12.8 Å². The van der Waals surface area contributed by atoms with E-state index in [1.165, 1.54) is 0 Å². The monoisotopic (exact) mass is 225 g/mol. The van der Waals surface area contributed by atoms with E-state index in [-0.39, 0.29) is 6.10 Å². The zero-order chi connectivity index (χ0) is 11.2. The lowest BCUT2D eigenvalue weighted by Gasteiger charge is -2.28. The van der Waals surface area contributed by atoms with Gasteiger partial charge in [0.05, 0.1) is 26.0 Å². The number of nitrogens with two attached hydrogens (primary N) is 1. The van der Waals surface area contributed by atoms with Crippen LogP contribution in [0.25, 0.3) is 0 Å². The van der Waals surface area contributed by atoms with Crippen molar-refractivity contribution >= 4 is 5.96 Å². The summed E-state index contributed by atoms with van der Waals surface area (Å²) < 4.78 is 10.7. The van der Waals surface area contributed by atoms with E-state index in [1.54, 1.807) is 6.26 Å². The molecular formula is C11H19N3O2. The molecule has 0 spiro atoms. The summed E-state index contributed by atoms with van der Waals surface area (Å²) in [6.45, 7) is 3.78. The molecule has 90 valence electrons. The smallest absolute Gasteiger partial charge is 0.191 e. The normalized spacial score (nSPS) is 26.6. The topological polar surface area (TPSA) is 60.1 Å². The van der Waals surface area contributed by atoms with Crippen molar-refractivity contribution in [1.29, 1.82) is 0 Å². The second kappa shape index (κ2) is 5.75. The third-order valence-electron chi connectivity index (χ3n) is 2.81. The van der Waals surface area contributed by atoms with Crippen LogP contribution in [0.3, 0.4) is 0 Å². The Balaban J connectivity index is 1.78. The molecule has 0 aromatic carbocycles. The number of hydrogen-bond acceptors (Lipinski definition) is 3. The van der Waals surface area contributed by atoms with Gasteiger partial charge in [-0.3, -0.25) is 0 Å². The molecule has 0 saturated carbocycles. The molecule has 1 unspecified atom stereocenters. The lowest BCUT2D eigenvalue weighted by molar-refractivity contribution is 0.0671. The molecule has 1 atom stereocenters. The Morgan fingerprint density at radius 1 is 1.44 bits per heavy atom. The summed E-state index contributed by atoms with van der Waals surface area (Å²) in [4.78, 5) is 6.44. The second-order valence-corrected chi connectivity index (χ2v) is 4.01. The van der Waals surface area contributed by atoms with Gasteiger partial charge in [0.1, 0.15) is 6.10 Å². The van der Waals surface area contributed by atoms with E-state index in [4.69, 9.17) is 15.2 Å². The number of ether oxygens (including phenoxy) is 2. The first kappa shape index (κ1) is 11.3. The van der Waals surface area contributed by atoms with Crippen molar-refractivity contribution in [1.82, 2.24) is 4.90 Å². The number of morpholine rings is 1. The van der Waals surface area contributed by atoms with Crippen molar-refractivity contribution in [3.8, 4) is 0 Å². The zero-order valence-electron chi connectivity index (χ0n) is 9.47. The quantitative estimate of drug-likeness (QED) is 0.543. The Labute approximate surface area is 95.9 Å². The molecule has 2 rings (SSSR count). The van der Waals surface area contributed by atoms with Crippen LogP contribution in [-0.2, 0) is 9.47 Å². The van der Waals surface area contributed by atoms with Crippen molar-refractivity contribution < 1.29 is 9.47 Å². The summed E-state index contributed by atoms with van der Waals surface area (Å²) in [6.07, 6.45) is 6.07. The van der Waals surface area contributed by atoms with Crippen molar-refractivity contribution in [3.63, 3.8) is 0 Å². The van der Waals surface area contributed by atoms with Gasteiger partial charge in [-0.25, -0.2) is 4.99 Å². The van der Waals surface area contributed by atoms with E-state index in [0.717, 1.165) is 39.1 Å². The van der Waals surface area contributed by atoms with Gasteiger partial charge in [-0.2, -0.15) is 0 Å². The van der Waals surface area contributed by atoms with E-state index in [0.29, 0.717) is 12.5 Å². The van der Waals surface area contributed by atoms with Crippen LogP contribution in [0.15, 0.2) is 17.3 Å². The molecule has 0 radical (unpaired) electrons. The van der Waals surface area contributed by atoms with Gasteiger partial charge in [-0.05, 0) is 18.9 Å². The third kappa shape index (κ3) is 3.13. The molecule has 5 nitrogen and oxygen atoms in total. The molecule has 1 fully saturated rings. The van der Waals surface area contributed by atoms with Crippen molar-refractivity contribution in [2.24, 2.45) is 10.7 Å². The standard InChI is InChI=1S/C11H19N3O2/c12-11(14-4-7-15-8-5-14)13-9-10-3-1-2-6-16-10/h2,6,10H,1,3-5,7-9H2,(H2,12,13). The van der Waals surface area contributed by atoms with Crippen LogP contribution < -0.4 is 5.73 Å². The molecule has 16 heavy (non-hydrogen) atoms. The summed E-state index contributed by atoms with van der Waals surface area (Å²) in [6, 6.07) is 0. The van der Waals surface area contributed by atoms with Gasteiger partial charge in [0.15, 0.2) is 5.96 Å². The first-order chi connectivity index (χ1) is 7.86. The van der Waals surface area contributed by atoms with Gasteiger partial charge in [0.25, 0.3) is 0 Å². The minimum atomic E-state index is 0.185. The van der Waals surface area contributed by atoms with Crippen LogP contribution in [0.2, 0.25) is 0 Å². The predicted molar refractivity (Wildman–Crippen MR) is 62.1 cm³/mol. The maximum Gasteiger partial charge on any atom is 0.191 e. The number of guanidine groups is 1. The molecule has 0 aromatic heterocycles. The van der Waals surface area contributed by atoms with Gasteiger partial charge in [0.2, 0.25) is 0 Å². The summed E-state index contributed by atoms with van der Waals surface area (Å²) in [5.74, 6) is 0.612. The molecule has 2 N–H and O–H groups in total. The Bertz CT molecular complexity index is 272. The summed E-state index contributed by atoms with van der Waals surface area (Å²) in [5, 5.41) is 0. The van der Waals surface area contributed by atoms with Crippen molar-refractivity contribution in [3.05, 3.63) is 12.3 Å². The fraction of sp³-hybridized carbons (Fsp3) is 0.727. The highest BCUT2D eigenvalue weighted by atomic mass is 16.5. The third-order valence-corrected chi connectivity index (χ3v) is 2.81. The highest BCUT2D eigenvalue weighted by molar-refractivity contribution is 5.78. The Kier molecular flexibility index (Phi) is 4.04. The molecule has 0 amide bonds. The van der Waals surface area contributed by atoms with Crippen LogP contribution >= 0.6 is 0 Å². The summed E-state index contributed by atoms with van der Waals surface area (Å²) >= 11 is 0. The molecule has 2 aliphatic rings. The van der Waals surface area contributed by atoms with E-state index < -0.39 is 0 Å². The summed E-state index contributed by atoms with van der Waals surface area (Å²) in [7, 11) is 0. The van der Waals surface area contributed by atoms with Gasteiger partial charge >= 0.3 is 0 Å². The highest BCUT2D eigenvalue weighted by Gasteiger charge is 2.14. The fourth-order valence-corrected chi connectivity index (χ4v) is 1.81. The number of aliphatic imine (C=N–C) groups is 1. The van der Waals surface area contributed by atoms with Crippen LogP contribution in [0.4, 0.5) is 0 Å². The average molecular weight is 225 g/mol. The van der Waals surface area contributed by atoms with E-state index in [2.05, 4.69) is 9.89 Å². The van der Waals surface area contributed by atoms with Crippen molar-refractivity contribution in [2.45, 2.75) is 18.9 Å². The predicted octanol–water partition coefficient (Wildman–Crippen LogP) is 0.326. The zero-order valence-corrected chi connectivity index (χ0v) is 9.47. The van der Waals surface area contributed by atoms with Crippen LogP contribution in [-0.4, -0.2) is 49.8 Å². The fourth-order valence-electron chi connectivity index (χ4n) is 1.81. The van der Waals surface area contributed by atoms with Crippen LogP contribution in [0, 0.1) is 0 Å². The largest absolute Gasteiger partial charge is 0.496 e. The van der Waals surface area contributed by atoms with E-state index >= 15 is 0 Å². The Morgan fingerprint density at radius 3 is 2.94 bits per heavy atom. The number of nitrogens with zero attached hydrogens (tertiary/aromatic N) is 2. The van der Waals surface area contributed by atoms with Crippen molar-refractivity contribution in [2.75, 3.05) is 32.8 Å². The summed E-state index contributed by atoms with van der Waals surface area (Å²) in [5.41, 5.74) is 5.91. The molecule has 2 aliphatic heterocycles. The van der Waals surface area contributed by atoms with Gasteiger partial charge in [-0.15, -0.1) is 0 Å². The van der Waals surface area contributed by atoms with Gasteiger partial charge in [0, 0.05) is 13.1 Å². The minimum Gasteiger partial charge on any atom is -0.496 e. The first-order valence-corrected chi connectivity index (χ1v) is 5.79. The molecule has 1 saturated heterocycles. The number of allylic oxidation sites excluding steroid dienone is 1.